The molecule has 9 nitrogen and oxygen atoms in total. The number of carbonyl (C=O) groups excluding carboxylic acids is 1. The Balaban J connectivity index is 1.32. The van der Waals surface area contributed by atoms with Gasteiger partial charge in [-0.2, -0.15) is 13.2 Å². The van der Waals surface area contributed by atoms with E-state index in [0.29, 0.717) is 36.6 Å². The van der Waals surface area contributed by atoms with Gasteiger partial charge in [0, 0.05) is 38.1 Å². The van der Waals surface area contributed by atoms with Crippen molar-refractivity contribution in [3.63, 3.8) is 0 Å². The highest BCUT2D eigenvalue weighted by Crippen LogP contribution is 2.36. The van der Waals surface area contributed by atoms with E-state index in [2.05, 4.69) is 25.2 Å². The van der Waals surface area contributed by atoms with Gasteiger partial charge in [-0.3, -0.25) is 4.90 Å². The summed E-state index contributed by atoms with van der Waals surface area (Å²) in [6, 6.07) is 5.55. The van der Waals surface area contributed by atoms with Crippen LogP contribution in [0.1, 0.15) is 51.2 Å². The van der Waals surface area contributed by atoms with Crippen molar-refractivity contribution in [2.45, 2.75) is 64.4 Å². The van der Waals surface area contributed by atoms with Gasteiger partial charge < -0.3 is 19.5 Å². The van der Waals surface area contributed by atoms with Crippen LogP contribution in [0.2, 0.25) is 5.02 Å². The van der Waals surface area contributed by atoms with Gasteiger partial charge in [0.15, 0.2) is 0 Å². The van der Waals surface area contributed by atoms with E-state index in [1.165, 1.54) is 18.9 Å². The molecule has 3 aromatic rings. The largest absolute Gasteiger partial charge is 0.444 e. The molecule has 0 aliphatic carbocycles. The van der Waals surface area contributed by atoms with E-state index in [1.807, 2.05) is 39.0 Å². The summed E-state index contributed by atoms with van der Waals surface area (Å²) in [5, 5.41) is 3.61. The van der Waals surface area contributed by atoms with Crippen LogP contribution in [-0.4, -0.2) is 73.2 Å². The lowest BCUT2D eigenvalue weighted by Gasteiger charge is -2.33. The van der Waals surface area contributed by atoms with Gasteiger partial charge in [-0.05, 0) is 70.8 Å². The van der Waals surface area contributed by atoms with Crippen LogP contribution in [0.25, 0.3) is 17.1 Å². The Morgan fingerprint density at radius 2 is 1.85 bits per heavy atom. The second-order valence-corrected chi connectivity index (χ2v) is 11.8. The average molecular weight is 592 g/mol. The van der Waals surface area contributed by atoms with E-state index in [4.69, 9.17) is 16.3 Å². The maximum absolute atomic E-state index is 13.9. The number of likely N-dealkylation sites (tertiary alicyclic amines) is 2. The van der Waals surface area contributed by atoms with Gasteiger partial charge in [0.1, 0.15) is 28.9 Å². The highest BCUT2D eigenvalue weighted by molar-refractivity contribution is 6.32. The number of nitrogens with one attached hydrogen (secondary N) is 1. The van der Waals surface area contributed by atoms with Crippen molar-refractivity contribution in [2.24, 2.45) is 0 Å². The number of halogens is 4. The number of amides is 1. The van der Waals surface area contributed by atoms with Crippen LogP contribution in [0.3, 0.4) is 0 Å². The predicted molar refractivity (Wildman–Crippen MR) is 149 cm³/mol. The molecule has 5 rings (SSSR count). The molecule has 0 radical (unpaired) electrons. The van der Waals surface area contributed by atoms with Gasteiger partial charge in [0.05, 0.1) is 10.7 Å². The van der Waals surface area contributed by atoms with Crippen LogP contribution >= 0.6 is 11.6 Å². The zero-order chi connectivity index (χ0) is 29.4. The van der Waals surface area contributed by atoms with E-state index in [9.17, 15) is 18.0 Å². The van der Waals surface area contributed by atoms with Crippen molar-refractivity contribution < 1.29 is 22.7 Å². The number of ether oxygens (including phenoxy) is 1. The number of anilines is 1. The monoisotopic (exact) mass is 591 g/mol. The summed E-state index contributed by atoms with van der Waals surface area (Å²) in [7, 11) is 0. The molecule has 41 heavy (non-hydrogen) atoms. The lowest BCUT2D eigenvalue weighted by molar-refractivity contribution is -0.137. The number of nitrogens with zero attached hydrogens (tertiary/aromatic N) is 6. The maximum Gasteiger partial charge on any atom is 0.420 e. The molecule has 0 unspecified atom stereocenters. The molecular formula is C28H33ClF3N7O2. The van der Waals surface area contributed by atoms with Gasteiger partial charge in [-0.25, -0.2) is 19.7 Å². The fraction of sp³-hybridized carbons (Fsp3) is 0.500. The first-order valence-corrected chi connectivity index (χ1v) is 14.0. The number of hydrogen-bond acceptors (Lipinski definition) is 7. The first-order chi connectivity index (χ1) is 19.4. The normalized spacial score (nSPS) is 16.9. The summed E-state index contributed by atoms with van der Waals surface area (Å²) in [5.41, 5.74) is -0.179. The third-order valence-corrected chi connectivity index (χ3v) is 7.35. The van der Waals surface area contributed by atoms with Crippen molar-refractivity contribution in [2.75, 3.05) is 31.5 Å². The van der Waals surface area contributed by atoms with E-state index in [1.54, 1.807) is 9.47 Å². The summed E-state index contributed by atoms with van der Waals surface area (Å²) in [6.45, 7) is 9.25. The Morgan fingerprint density at radius 3 is 2.46 bits per heavy atom. The van der Waals surface area contributed by atoms with Crippen LogP contribution in [0.15, 0.2) is 36.9 Å². The molecule has 2 fully saturated rings. The fourth-order valence-corrected chi connectivity index (χ4v) is 5.10. The van der Waals surface area contributed by atoms with Gasteiger partial charge in [0.25, 0.3) is 0 Å². The van der Waals surface area contributed by atoms with Crippen LogP contribution in [0.4, 0.5) is 23.9 Å². The molecule has 220 valence electrons. The number of carbonyl (C=O) groups is 1. The second-order valence-electron chi connectivity index (χ2n) is 11.4. The molecule has 13 heteroatoms. The molecule has 0 saturated carbocycles. The van der Waals surface area contributed by atoms with Crippen LogP contribution < -0.4 is 5.32 Å². The molecule has 0 bridgehead atoms. The minimum absolute atomic E-state index is 0.0447. The Hall–Kier alpha value is -3.38. The van der Waals surface area contributed by atoms with E-state index < -0.39 is 17.3 Å². The third kappa shape index (κ3) is 7.10. The maximum atomic E-state index is 13.9. The first kappa shape index (κ1) is 29.1. The number of hydrogen-bond donors (Lipinski definition) is 1. The number of rotatable bonds is 6. The van der Waals surface area contributed by atoms with E-state index in [-0.39, 0.29) is 29.5 Å². The van der Waals surface area contributed by atoms with Gasteiger partial charge in [-0.15, -0.1) is 0 Å². The molecule has 2 aliphatic rings. The van der Waals surface area contributed by atoms with Crippen molar-refractivity contribution in [1.29, 1.82) is 0 Å². The molecule has 1 aromatic carbocycles. The number of piperidine rings is 1. The van der Waals surface area contributed by atoms with Crippen molar-refractivity contribution in [3.8, 4) is 17.1 Å². The Bertz CT molecular complexity index is 1390. The highest BCUT2D eigenvalue weighted by atomic mass is 35.5. The lowest BCUT2D eigenvalue weighted by Crippen LogP contribution is -2.44. The van der Waals surface area contributed by atoms with E-state index >= 15 is 0 Å². The van der Waals surface area contributed by atoms with Crippen molar-refractivity contribution in [1.82, 2.24) is 29.3 Å². The zero-order valence-electron chi connectivity index (χ0n) is 23.2. The Kier molecular flexibility index (Phi) is 8.15. The summed E-state index contributed by atoms with van der Waals surface area (Å²) in [5.74, 6) is 0.0617. The van der Waals surface area contributed by atoms with Gasteiger partial charge in [0.2, 0.25) is 5.95 Å². The predicted octanol–water partition coefficient (Wildman–Crippen LogP) is 6.02. The Morgan fingerprint density at radius 1 is 1.12 bits per heavy atom. The molecular weight excluding hydrogens is 559 g/mol. The average Bonchev–Trinajstić information content (AvgIpc) is 3.35. The highest BCUT2D eigenvalue weighted by Gasteiger charge is 2.36. The minimum atomic E-state index is -4.67. The minimum Gasteiger partial charge on any atom is -0.444 e. The number of imidazole rings is 1. The lowest BCUT2D eigenvalue weighted by atomic mass is 10.1. The molecule has 0 spiro atoms. The zero-order valence-corrected chi connectivity index (χ0v) is 24.0. The smallest absolute Gasteiger partial charge is 0.420 e. The van der Waals surface area contributed by atoms with Crippen LogP contribution in [-0.2, 0) is 17.5 Å². The van der Waals surface area contributed by atoms with Crippen LogP contribution in [0, 0.1) is 0 Å². The standard InChI is InChI=1S/C28H33ClF3N7O2/c1-27(2,3)41-26(40)38-11-7-19(8-12-38)35-25-33-14-20(28(30,31)32)24(36-25)22-16-39(17-34-22)23-6-5-18(13-21(23)29)15-37-9-4-10-37/h5-6,13-14,16-17,19H,4,7-12,15H2,1-3H3,(H,33,35,36). The molecule has 1 N–H and O–H groups in total. The van der Waals surface area contributed by atoms with Crippen molar-refractivity contribution in [3.05, 3.63) is 53.1 Å². The molecule has 4 heterocycles. The fourth-order valence-electron chi connectivity index (χ4n) is 4.80. The summed E-state index contributed by atoms with van der Waals surface area (Å²) in [6.07, 6.45) is 0.954. The molecule has 2 saturated heterocycles. The first-order valence-electron chi connectivity index (χ1n) is 13.6. The SMILES string of the molecule is CC(C)(C)OC(=O)N1CCC(Nc2ncc(C(F)(F)F)c(-c3cn(-c4ccc(CN5CCC5)cc4Cl)cn3)n2)CC1. The quantitative estimate of drug-likeness (QED) is 0.375. The van der Waals surface area contributed by atoms with E-state index in [0.717, 1.165) is 31.4 Å². The number of aromatic nitrogens is 4. The summed E-state index contributed by atoms with van der Waals surface area (Å²) >= 11 is 6.55. The molecule has 2 aliphatic heterocycles. The van der Waals surface area contributed by atoms with Crippen molar-refractivity contribution >= 4 is 23.6 Å². The third-order valence-electron chi connectivity index (χ3n) is 7.04. The molecule has 2 aromatic heterocycles. The second kappa shape index (κ2) is 11.5. The number of benzene rings is 1. The molecule has 1 amide bonds. The molecule has 0 atom stereocenters. The Labute approximate surface area is 241 Å². The van der Waals surface area contributed by atoms with Gasteiger partial charge in [-0.1, -0.05) is 17.7 Å². The summed E-state index contributed by atoms with van der Waals surface area (Å²) in [4.78, 5) is 28.7. The summed E-state index contributed by atoms with van der Waals surface area (Å²) < 4.78 is 48.8. The van der Waals surface area contributed by atoms with Crippen LogP contribution in [0.5, 0.6) is 0 Å². The topological polar surface area (TPSA) is 88.4 Å². The number of alkyl halides is 3. The van der Waals surface area contributed by atoms with Gasteiger partial charge >= 0.3 is 12.3 Å².